The van der Waals surface area contributed by atoms with Crippen LogP contribution in [0.3, 0.4) is 0 Å². The van der Waals surface area contributed by atoms with Gasteiger partial charge in [-0.15, -0.1) is 0 Å². The van der Waals surface area contributed by atoms with Crippen molar-refractivity contribution in [2.75, 3.05) is 31.1 Å². The summed E-state index contributed by atoms with van der Waals surface area (Å²) in [6, 6.07) is 18.2. The third-order valence-corrected chi connectivity index (χ3v) is 5.12. The van der Waals surface area contributed by atoms with Crippen LogP contribution in [0, 0.1) is 12.7 Å². The Morgan fingerprint density at radius 1 is 0.966 bits per heavy atom. The van der Waals surface area contributed by atoms with Crippen LogP contribution in [0.1, 0.15) is 11.4 Å². The van der Waals surface area contributed by atoms with Crippen LogP contribution in [-0.4, -0.2) is 47.0 Å². The van der Waals surface area contributed by atoms with Gasteiger partial charge in [0, 0.05) is 37.8 Å². The molecule has 0 radical (unpaired) electrons. The fraction of sp³-hybridized carbons (Fsp3) is 0.261. The van der Waals surface area contributed by atoms with Crippen molar-refractivity contribution in [1.82, 2.24) is 14.9 Å². The van der Waals surface area contributed by atoms with Gasteiger partial charge in [0.05, 0.1) is 12.1 Å². The number of amides is 1. The largest absolute Gasteiger partial charge is 0.353 e. The molecule has 3 aromatic rings. The summed E-state index contributed by atoms with van der Waals surface area (Å²) < 4.78 is 13.0. The van der Waals surface area contributed by atoms with Crippen LogP contribution in [0.5, 0.6) is 0 Å². The van der Waals surface area contributed by atoms with E-state index >= 15 is 0 Å². The predicted molar refractivity (Wildman–Crippen MR) is 111 cm³/mol. The molecule has 29 heavy (non-hydrogen) atoms. The lowest BCUT2D eigenvalue weighted by Crippen LogP contribution is -2.49. The fourth-order valence-corrected chi connectivity index (χ4v) is 3.54. The number of rotatable bonds is 4. The van der Waals surface area contributed by atoms with Crippen molar-refractivity contribution in [1.29, 1.82) is 0 Å². The van der Waals surface area contributed by atoms with E-state index in [1.807, 2.05) is 48.2 Å². The maximum Gasteiger partial charge on any atom is 0.227 e. The lowest BCUT2D eigenvalue weighted by molar-refractivity contribution is -0.130. The van der Waals surface area contributed by atoms with Crippen LogP contribution in [0.4, 0.5) is 10.2 Å². The maximum absolute atomic E-state index is 13.0. The van der Waals surface area contributed by atoms with Crippen molar-refractivity contribution in [2.24, 2.45) is 0 Å². The molecule has 0 bridgehead atoms. The zero-order valence-corrected chi connectivity index (χ0v) is 16.4. The third kappa shape index (κ3) is 4.59. The van der Waals surface area contributed by atoms with Crippen LogP contribution in [0.15, 0.2) is 60.7 Å². The molecule has 0 spiro atoms. The number of carbonyl (C=O) groups is 1. The molecule has 148 valence electrons. The van der Waals surface area contributed by atoms with E-state index in [1.165, 1.54) is 12.1 Å². The molecule has 4 rings (SSSR count). The van der Waals surface area contributed by atoms with Crippen molar-refractivity contribution in [3.05, 3.63) is 77.9 Å². The van der Waals surface area contributed by atoms with Crippen LogP contribution < -0.4 is 4.90 Å². The third-order valence-electron chi connectivity index (χ3n) is 5.12. The minimum Gasteiger partial charge on any atom is -0.353 e. The first-order valence-corrected chi connectivity index (χ1v) is 9.77. The average molecular weight is 390 g/mol. The Labute approximate surface area is 169 Å². The van der Waals surface area contributed by atoms with Crippen molar-refractivity contribution < 1.29 is 9.18 Å². The molecule has 0 aliphatic carbocycles. The number of halogens is 1. The Balaban J connectivity index is 1.41. The first-order valence-electron chi connectivity index (χ1n) is 9.77. The molecule has 5 nitrogen and oxygen atoms in total. The quantitative estimate of drug-likeness (QED) is 0.684. The minimum absolute atomic E-state index is 0.0695. The molecular formula is C23H23FN4O. The summed E-state index contributed by atoms with van der Waals surface area (Å²) in [5, 5.41) is 0. The van der Waals surface area contributed by atoms with Crippen LogP contribution in [0.25, 0.3) is 11.3 Å². The Bertz CT molecular complexity index is 984. The number of benzene rings is 2. The van der Waals surface area contributed by atoms with Crippen molar-refractivity contribution >= 4 is 11.7 Å². The lowest BCUT2D eigenvalue weighted by Gasteiger charge is -2.35. The SMILES string of the molecule is Cc1nc(-c2ccccc2)cc(N2CCN(C(=O)Cc3ccc(F)cc3)CC2)n1. The highest BCUT2D eigenvalue weighted by atomic mass is 19.1. The summed E-state index contributed by atoms with van der Waals surface area (Å²) in [4.78, 5) is 25.8. The van der Waals surface area contributed by atoms with Gasteiger partial charge >= 0.3 is 0 Å². The van der Waals surface area contributed by atoms with E-state index in [-0.39, 0.29) is 11.7 Å². The summed E-state index contributed by atoms with van der Waals surface area (Å²) >= 11 is 0. The number of anilines is 1. The summed E-state index contributed by atoms with van der Waals surface area (Å²) in [6.45, 7) is 4.63. The van der Waals surface area contributed by atoms with Gasteiger partial charge in [0.15, 0.2) is 0 Å². The van der Waals surface area contributed by atoms with Gasteiger partial charge in [0.2, 0.25) is 5.91 Å². The molecule has 2 aromatic carbocycles. The molecule has 0 atom stereocenters. The second-order valence-electron chi connectivity index (χ2n) is 7.20. The molecule has 1 aliphatic rings. The molecule has 0 N–H and O–H groups in total. The van der Waals surface area contributed by atoms with E-state index < -0.39 is 0 Å². The van der Waals surface area contributed by atoms with Crippen LogP contribution in [0.2, 0.25) is 0 Å². The van der Waals surface area contributed by atoms with Gasteiger partial charge in [-0.25, -0.2) is 14.4 Å². The first kappa shape index (κ1) is 19.1. The van der Waals surface area contributed by atoms with Crippen LogP contribution >= 0.6 is 0 Å². The normalized spacial score (nSPS) is 14.1. The first-order chi connectivity index (χ1) is 14.1. The monoisotopic (exact) mass is 390 g/mol. The molecule has 6 heteroatoms. The van der Waals surface area contributed by atoms with E-state index in [0.717, 1.165) is 41.6 Å². The minimum atomic E-state index is -0.287. The van der Waals surface area contributed by atoms with Gasteiger partial charge in [-0.05, 0) is 24.6 Å². The maximum atomic E-state index is 13.0. The standard InChI is InChI=1S/C23H23FN4O/c1-17-25-21(19-5-3-2-4-6-19)16-22(26-17)27-11-13-28(14-12-27)23(29)15-18-7-9-20(24)10-8-18/h2-10,16H,11-15H2,1H3. The van der Waals surface area contributed by atoms with E-state index in [9.17, 15) is 9.18 Å². The van der Waals surface area contributed by atoms with E-state index in [4.69, 9.17) is 0 Å². The summed E-state index contributed by atoms with van der Waals surface area (Å²) in [7, 11) is 0. The molecule has 0 unspecified atom stereocenters. The van der Waals surface area contributed by atoms with Gasteiger partial charge in [-0.2, -0.15) is 0 Å². The molecule has 1 fully saturated rings. The highest BCUT2D eigenvalue weighted by Crippen LogP contribution is 2.22. The van der Waals surface area contributed by atoms with E-state index in [2.05, 4.69) is 14.9 Å². The van der Waals surface area contributed by atoms with Gasteiger partial charge in [0.25, 0.3) is 0 Å². The second kappa shape index (κ2) is 8.39. The predicted octanol–water partition coefficient (Wildman–Crippen LogP) is 3.48. The summed E-state index contributed by atoms with van der Waals surface area (Å²) in [5.74, 6) is 1.41. The van der Waals surface area contributed by atoms with Crippen molar-refractivity contribution in [3.63, 3.8) is 0 Å². The van der Waals surface area contributed by atoms with E-state index in [0.29, 0.717) is 19.5 Å². The molecule has 0 saturated carbocycles. The molecule has 2 heterocycles. The number of piperazine rings is 1. The molecular weight excluding hydrogens is 367 g/mol. The Morgan fingerprint density at radius 3 is 2.34 bits per heavy atom. The van der Waals surface area contributed by atoms with Gasteiger partial charge in [-0.3, -0.25) is 4.79 Å². The topological polar surface area (TPSA) is 49.3 Å². The highest BCUT2D eigenvalue weighted by Gasteiger charge is 2.22. The fourth-order valence-electron chi connectivity index (χ4n) is 3.54. The molecule has 1 saturated heterocycles. The number of hydrogen-bond acceptors (Lipinski definition) is 4. The number of nitrogens with zero attached hydrogens (tertiary/aromatic N) is 4. The second-order valence-corrected chi connectivity index (χ2v) is 7.20. The molecule has 1 aliphatic heterocycles. The van der Waals surface area contributed by atoms with E-state index in [1.54, 1.807) is 12.1 Å². The van der Waals surface area contributed by atoms with Gasteiger partial charge in [-0.1, -0.05) is 42.5 Å². The smallest absolute Gasteiger partial charge is 0.227 e. The number of aromatic nitrogens is 2. The van der Waals surface area contributed by atoms with Crippen molar-refractivity contribution in [3.8, 4) is 11.3 Å². The van der Waals surface area contributed by atoms with Crippen molar-refractivity contribution in [2.45, 2.75) is 13.3 Å². The number of aryl methyl sites for hydroxylation is 1. The number of hydrogen-bond donors (Lipinski definition) is 0. The van der Waals surface area contributed by atoms with Gasteiger partial charge in [0.1, 0.15) is 17.5 Å². The summed E-state index contributed by atoms with van der Waals surface area (Å²) in [5.41, 5.74) is 2.80. The molecule has 1 aromatic heterocycles. The zero-order valence-electron chi connectivity index (χ0n) is 16.4. The number of carbonyl (C=O) groups excluding carboxylic acids is 1. The zero-order chi connectivity index (χ0) is 20.2. The highest BCUT2D eigenvalue weighted by molar-refractivity contribution is 5.79. The Hall–Kier alpha value is -3.28. The molecule has 1 amide bonds. The lowest BCUT2D eigenvalue weighted by atomic mass is 10.1. The van der Waals surface area contributed by atoms with Crippen LogP contribution in [-0.2, 0) is 11.2 Å². The average Bonchev–Trinajstić information content (AvgIpc) is 2.75. The van der Waals surface area contributed by atoms with Gasteiger partial charge < -0.3 is 9.80 Å². The Morgan fingerprint density at radius 2 is 1.66 bits per heavy atom. The Kier molecular flexibility index (Phi) is 5.51. The summed E-state index contributed by atoms with van der Waals surface area (Å²) in [6.07, 6.45) is 0.297.